The molecular weight excluding hydrogens is 414 g/mol. The van der Waals surface area contributed by atoms with E-state index in [0.717, 1.165) is 16.7 Å². The first-order valence-electron chi connectivity index (χ1n) is 11.2. The molecule has 0 atom stereocenters. The van der Waals surface area contributed by atoms with Crippen molar-refractivity contribution in [2.75, 3.05) is 27.2 Å². The van der Waals surface area contributed by atoms with E-state index in [1.165, 1.54) is 0 Å². The maximum atomic E-state index is 13.2. The van der Waals surface area contributed by atoms with Crippen LogP contribution in [0.2, 0.25) is 0 Å². The van der Waals surface area contributed by atoms with E-state index in [2.05, 4.69) is 22.4 Å². The zero-order valence-corrected chi connectivity index (χ0v) is 19.1. The summed E-state index contributed by atoms with van der Waals surface area (Å²) in [6.07, 6.45) is 5.39. The van der Waals surface area contributed by atoms with Crippen LogP contribution in [0.25, 0.3) is 11.1 Å². The topological polar surface area (TPSA) is 71.5 Å². The van der Waals surface area contributed by atoms with Gasteiger partial charge in [-0.15, -0.1) is 0 Å². The van der Waals surface area contributed by atoms with Crippen molar-refractivity contribution in [2.24, 2.45) is 5.41 Å². The summed E-state index contributed by atoms with van der Waals surface area (Å²) < 4.78 is 5.37. The molecule has 0 radical (unpaired) electrons. The summed E-state index contributed by atoms with van der Waals surface area (Å²) in [5.74, 6) is 0.526. The van der Waals surface area contributed by atoms with Crippen LogP contribution >= 0.6 is 0 Å². The van der Waals surface area contributed by atoms with E-state index >= 15 is 0 Å². The lowest BCUT2D eigenvalue weighted by Gasteiger charge is -2.41. The minimum Gasteiger partial charge on any atom is -0.496 e. The highest BCUT2D eigenvalue weighted by Crippen LogP contribution is 2.38. The van der Waals surface area contributed by atoms with Crippen LogP contribution in [-0.2, 0) is 11.2 Å². The first-order chi connectivity index (χ1) is 16.1. The number of amides is 2. The average Bonchev–Trinajstić information content (AvgIpc) is 2.89. The van der Waals surface area contributed by atoms with Crippen molar-refractivity contribution in [3.63, 3.8) is 0 Å². The SMILES string of the molecule is CNC(=O)C1(Cc2ccccc2-c2cccnc2)CCN(C(=O)c2ccccc2OC)CC1. The van der Waals surface area contributed by atoms with Crippen molar-refractivity contribution < 1.29 is 14.3 Å². The Balaban J connectivity index is 1.58. The standard InChI is InChI=1S/C27H29N3O3/c1-28-26(32)27(18-20-8-3-4-10-22(20)21-9-7-15-29-19-21)13-16-30(17-14-27)25(31)23-11-5-6-12-24(23)33-2/h3-12,15,19H,13-14,16-18H2,1-2H3,(H,28,32). The molecule has 0 aliphatic carbocycles. The molecule has 6 nitrogen and oxygen atoms in total. The number of methoxy groups -OCH3 is 1. The zero-order chi connectivity index (χ0) is 23.3. The predicted molar refractivity (Wildman–Crippen MR) is 128 cm³/mol. The molecule has 1 fully saturated rings. The summed E-state index contributed by atoms with van der Waals surface area (Å²) >= 11 is 0. The third-order valence-corrected chi connectivity index (χ3v) is 6.57. The molecule has 1 aromatic heterocycles. The molecule has 6 heteroatoms. The largest absolute Gasteiger partial charge is 0.496 e. The molecule has 2 amide bonds. The van der Waals surface area contributed by atoms with Crippen molar-refractivity contribution in [1.82, 2.24) is 15.2 Å². The van der Waals surface area contributed by atoms with Gasteiger partial charge < -0.3 is 15.0 Å². The van der Waals surface area contributed by atoms with Gasteiger partial charge in [-0.3, -0.25) is 14.6 Å². The molecular formula is C27H29N3O3. The van der Waals surface area contributed by atoms with E-state index in [9.17, 15) is 9.59 Å². The van der Waals surface area contributed by atoms with Gasteiger partial charge in [0.2, 0.25) is 5.91 Å². The number of benzene rings is 2. The number of piperidine rings is 1. The number of aromatic nitrogens is 1. The number of pyridine rings is 1. The molecule has 0 bridgehead atoms. The minimum absolute atomic E-state index is 0.0212. The number of hydrogen-bond donors (Lipinski definition) is 1. The van der Waals surface area contributed by atoms with Crippen molar-refractivity contribution >= 4 is 11.8 Å². The van der Waals surface area contributed by atoms with E-state index in [0.29, 0.717) is 43.7 Å². The van der Waals surface area contributed by atoms with E-state index in [1.807, 2.05) is 47.5 Å². The molecule has 1 aliphatic heterocycles. The molecule has 1 saturated heterocycles. The Hall–Kier alpha value is -3.67. The number of carbonyl (C=O) groups is 2. The van der Waals surface area contributed by atoms with Gasteiger partial charge in [0, 0.05) is 38.1 Å². The van der Waals surface area contributed by atoms with E-state index in [1.54, 1.807) is 32.5 Å². The quantitative estimate of drug-likeness (QED) is 0.626. The van der Waals surface area contributed by atoms with Gasteiger partial charge in [0.15, 0.2) is 0 Å². The summed E-state index contributed by atoms with van der Waals surface area (Å²) in [6, 6.07) is 19.4. The third kappa shape index (κ3) is 4.60. The Kier molecular flexibility index (Phi) is 6.73. The molecule has 2 heterocycles. The third-order valence-electron chi connectivity index (χ3n) is 6.57. The molecule has 2 aromatic carbocycles. The van der Waals surface area contributed by atoms with Crippen LogP contribution in [0.4, 0.5) is 0 Å². The summed E-state index contributed by atoms with van der Waals surface area (Å²) in [4.78, 5) is 32.4. The van der Waals surface area contributed by atoms with Gasteiger partial charge >= 0.3 is 0 Å². The average molecular weight is 444 g/mol. The second-order valence-electron chi connectivity index (χ2n) is 8.43. The molecule has 1 N–H and O–H groups in total. The van der Waals surface area contributed by atoms with Crippen molar-refractivity contribution in [2.45, 2.75) is 19.3 Å². The fourth-order valence-corrected chi connectivity index (χ4v) is 4.72. The number of carbonyl (C=O) groups excluding carboxylic acids is 2. The first kappa shape index (κ1) is 22.5. The number of likely N-dealkylation sites (tertiary alicyclic amines) is 1. The highest BCUT2D eigenvalue weighted by molar-refractivity contribution is 5.97. The fraction of sp³-hybridized carbons (Fsp3) is 0.296. The maximum absolute atomic E-state index is 13.2. The number of nitrogens with zero attached hydrogens (tertiary/aromatic N) is 2. The lowest BCUT2D eigenvalue weighted by molar-refractivity contribution is -0.133. The van der Waals surface area contributed by atoms with Crippen LogP contribution in [0.3, 0.4) is 0 Å². The molecule has 170 valence electrons. The first-order valence-corrected chi connectivity index (χ1v) is 11.2. The van der Waals surface area contributed by atoms with Crippen LogP contribution in [0.15, 0.2) is 73.1 Å². The zero-order valence-electron chi connectivity index (χ0n) is 19.1. The highest BCUT2D eigenvalue weighted by atomic mass is 16.5. The van der Waals surface area contributed by atoms with Crippen LogP contribution in [0.1, 0.15) is 28.8 Å². The molecule has 4 rings (SSSR count). The number of para-hydroxylation sites is 1. The molecule has 0 unspecified atom stereocenters. The minimum atomic E-state index is -0.579. The van der Waals surface area contributed by atoms with Crippen molar-refractivity contribution in [3.05, 3.63) is 84.2 Å². The Morgan fingerprint density at radius 2 is 1.76 bits per heavy atom. The van der Waals surface area contributed by atoms with Crippen molar-refractivity contribution in [1.29, 1.82) is 0 Å². The van der Waals surface area contributed by atoms with Crippen molar-refractivity contribution in [3.8, 4) is 16.9 Å². The van der Waals surface area contributed by atoms with Gasteiger partial charge in [-0.2, -0.15) is 0 Å². The van der Waals surface area contributed by atoms with Gasteiger partial charge in [-0.25, -0.2) is 0 Å². The second-order valence-corrected chi connectivity index (χ2v) is 8.43. The summed E-state index contributed by atoms with van der Waals surface area (Å²) in [5.41, 5.74) is 3.20. The number of hydrogen-bond acceptors (Lipinski definition) is 4. The van der Waals surface area contributed by atoms with E-state index < -0.39 is 5.41 Å². The van der Waals surface area contributed by atoms with E-state index in [-0.39, 0.29) is 11.8 Å². The van der Waals surface area contributed by atoms with Gasteiger partial charge in [0.05, 0.1) is 18.1 Å². The normalized spacial score (nSPS) is 15.0. The summed E-state index contributed by atoms with van der Waals surface area (Å²) in [6.45, 7) is 1.03. The van der Waals surface area contributed by atoms with Gasteiger partial charge in [0.25, 0.3) is 5.91 Å². The van der Waals surface area contributed by atoms with Crippen LogP contribution in [-0.4, -0.2) is 48.9 Å². The predicted octanol–water partition coefficient (Wildman–Crippen LogP) is 3.97. The Morgan fingerprint density at radius 1 is 1.03 bits per heavy atom. The maximum Gasteiger partial charge on any atom is 0.257 e. The Bertz CT molecular complexity index is 1120. The van der Waals surface area contributed by atoms with Crippen LogP contribution < -0.4 is 10.1 Å². The summed E-state index contributed by atoms with van der Waals surface area (Å²) in [7, 11) is 3.25. The highest BCUT2D eigenvalue weighted by Gasteiger charge is 2.42. The van der Waals surface area contributed by atoms with Crippen LogP contribution in [0.5, 0.6) is 5.75 Å². The molecule has 1 aliphatic rings. The Labute approximate surface area is 194 Å². The molecule has 0 spiro atoms. The monoisotopic (exact) mass is 443 g/mol. The second kappa shape index (κ2) is 9.86. The lowest BCUT2D eigenvalue weighted by Crippen LogP contribution is -2.50. The Morgan fingerprint density at radius 3 is 2.45 bits per heavy atom. The van der Waals surface area contributed by atoms with E-state index in [4.69, 9.17) is 4.74 Å². The smallest absolute Gasteiger partial charge is 0.257 e. The molecule has 3 aromatic rings. The van der Waals surface area contributed by atoms with Gasteiger partial charge in [0.1, 0.15) is 5.75 Å². The number of ether oxygens (including phenoxy) is 1. The number of rotatable bonds is 6. The summed E-state index contributed by atoms with van der Waals surface area (Å²) in [5, 5.41) is 2.87. The van der Waals surface area contributed by atoms with Gasteiger partial charge in [-0.1, -0.05) is 42.5 Å². The molecule has 0 saturated carbocycles. The molecule has 33 heavy (non-hydrogen) atoms. The number of nitrogens with one attached hydrogen (secondary N) is 1. The van der Waals surface area contributed by atoms with Gasteiger partial charge in [-0.05, 0) is 48.6 Å². The fourth-order valence-electron chi connectivity index (χ4n) is 4.72. The lowest BCUT2D eigenvalue weighted by atomic mass is 9.72. The van der Waals surface area contributed by atoms with Crippen LogP contribution in [0, 0.1) is 5.41 Å².